The summed E-state index contributed by atoms with van der Waals surface area (Å²) in [4.78, 5) is 26.0. The van der Waals surface area contributed by atoms with Crippen molar-refractivity contribution >= 4 is 38.5 Å². The van der Waals surface area contributed by atoms with Crippen molar-refractivity contribution in [3.05, 3.63) is 53.1 Å². The van der Waals surface area contributed by atoms with Crippen LogP contribution in [-0.4, -0.2) is 34.7 Å². The van der Waals surface area contributed by atoms with Crippen molar-refractivity contribution in [3.63, 3.8) is 0 Å². The standard InChI is InChI=1S/C19H16N4O3S/c1-23-14-8-15(25-2)16(26-3)9-17(14)27-19(23)22-18(24)13-10-20-11-6-4-5-7-12(11)21-13/h4-10H,1-3H3. The number of nitrogens with zero attached hydrogens (tertiary/aromatic N) is 4. The molecule has 0 saturated carbocycles. The molecular weight excluding hydrogens is 364 g/mol. The molecule has 0 spiro atoms. The molecular formula is C19H16N4O3S. The zero-order valence-electron chi connectivity index (χ0n) is 15.0. The van der Waals surface area contributed by atoms with E-state index in [0.717, 1.165) is 15.7 Å². The first-order chi connectivity index (χ1) is 13.1. The fraction of sp³-hybridized carbons (Fsp3) is 0.158. The van der Waals surface area contributed by atoms with Crippen LogP contribution in [0.25, 0.3) is 21.3 Å². The number of methoxy groups -OCH3 is 2. The highest BCUT2D eigenvalue weighted by atomic mass is 32.1. The fourth-order valence-electron chi connectivity index (χ4n) is 2.77. The smallest absolute Gasteiger partial charge is 0.299 e. The Bertz CT molecular complexity index is 1240. The van der Waals surface area contributed by atoms with Gasteiger partial charge in [-0.2, -0.15) is 4.99 Å². The second kappa shape index (κ2) is 6.81. The number of carbonyl (C=O) groups is 1. The van der Waals surface area contributed by atoms with Crippen molar-refractivity contribution in [1.29, 1.82) is 0 Å². The SMILES string of the molecule is COc1cc2sc(=NC(=O)c3cnc4ccccc4n3)n(C)c2cc1OC. The molecule has 8 heteroatoms. The van der Waals surface area contributed by atoms with Crippen molar-refractivity contribution in [2.45, 2.75) is 0 Å². The lowest BCUT2D eigenvalue weighted by molar-refractivity contribution is 0.0993. The van der Waals surface area contributed by atoms with Crippen molar-refractivity contribution in [1.82, 2.24) is 14.5 Å². The maximum absolute atomic E-state index is 12.6. The monoisotopic (exact) mass is 380 g/mol. The molecule has 0 aliphatic heterocycles. The summed E-state index contributed by atoms with van der Waals surface area (Å²) in [5.74, 6) is 0.816. The molecule has 0 aliphatic carbocycles. The Labute approximate surface area is 158 Å². The van der Waals surface area contributed by atoms with Gasteiger partial charge in [0, 0.05) is 19.2 Å². The number of hydrogen-bond acceptors (Lipinski definition) is 6. The van der Waals surface area contributed by atoms with Gasteiger partial charge in [0.25, 0.3) is 5.91 Å². The number of rotatable bonds is 3. The van der Waals surface area contributed by atoms with Crippen LogP contribution >= 0.6 is 11.3 Å². The molecule has 0 unspecified atom stereocenters. The summed E-state index contributed by atoms with van der Waals surface area (Å²) >= 11 is 1.39. The van der Waals surface area contributed by atoms with E-state index in [2.05, 4.69) is 15.0 Å². The average molecular weight is 380 g/mol. The van der Waals surface area contributed by atoms with Gasteiger partial charge in [-0.25, -0.2) is 4.98 Å². The molecule has 2 aromatic heterocycles. The topological polar surface area (TPSA) is 78.6 Å². The highest BCUT2D eigenvalue weighted by Crippen LogP contribution is 2.33. The van der Waals surface area contributed by atoms with Gasteiger partial charge in [0.1, 0.15) is 5.69 Å². The van der Waals surface area contributed by atoms with Crippen molar-refractivity contribution in [2.24, 2.45) is 12.0 Å². The highest BCUT2D eigenvalue weighted by molar-refractivity contribution is 7.16. The van der Waals surface area contributed by atoms with Gasteiger partial charge in [0.2, 0.25) is 0 Å². The zero-order valence-corrected chi connectivity index (χ0v) is 15.8. The van der Waals surface area contributed by atoms with E-state index in [4.69, 9.17) is 9.47 Å². The lowest BCUT2D eigenvalue weighted by atomic mass is 10.3. The van der Waals surface area contributed by atoms with E-state index < -0.39 is 5.91 Å². The first-order valence-electron chi connectivity index (χ1n) is 8.13. The third kappa shape index (κ3) is 3.04. The summed E-state index contributed by atoms with van der Waals surface area (Å²) in [5, 5.41) is 0. The second-order valence-corrected chi connectivity index (χ2v) is 6.79. The minimum absolute atomic E-state index is 0.210. The van der Waals surface area contributed by atoms with Gasteiger partial charge >= 0.3 is 0 Å². The van der Waals surface area contributed by atoms with Crippen LogP contribution in [0, 0.1) is 0 Å². The highest BCUT2D eigenvalue weighted by Gasteiger charge is 2.13. The molecule has 7 nitrogen and oxygen atoms in total. The zero-order chi connectivity index (χ0) is 19.0. The first-order valence-corrected chi connectivity index (χ1v) is 8.94. The van der Waals surface area contributed by atoms with Crippen molar-refractivity contribution in [3.8, 4) is 11.5 Å². The number of fused-ring (bicyclic) bond motifs is 2. The summed E-state index contributed by atoms with van der Waals surface area (Å²) in [6, 6.07) is 11.1. The predicted molar refractivity (Wildman–Crippen MR) is 103 cm³/mol. The molecule has 0 saturated heterocycles. The summed E-state index contributed by atoms with van der Waals surface area (Å²) in [6.45, 7) is 0. The Balaban J connectivity index is 1.81. The summed E-state index contributed by atoms with van der Waals surface area (Å²) < 4.78 is 13.5. The Hall–Kier alpha value is -3.26. The van der Waals surface area contributed by atoms with Crippen LogP contribution in [0.5, 0.6) is 11.5 Å². The molecule has 136 valence electrons. The van der Waals surface area contributed by atoms with Crippen LogP contribution in [0.1, 0.15) is 10.5 Å². The van der Waals surface area contributed by atoms with E-state index in [0.29, 0.717) is 21.8 Å². The Morgan fingerprint density at radius 3 is 2.56 bits per heavy atom. The second-order valence-electron chi connectivity index (χ2n) is 5.78. The molecule has 0 atom stereocenters. The third-order valence-corrected chi connectivity index (χ3v) is 5.27. The average Bonchev–Trinajstić information content (AvgIpc) is 3.01. The Kier molecular flexibility index (Phi) is 4.33. The largest absolute Gasteiger partial charge is 0.493 e. The van der Waals surface area contributed by atoms with Crippen LogP contribution in [0.15, 0.2) is 47.6 Å². The number of benzene rings is 2. The number of ether oxygens (including phenoxy) is 2. The van der Waals surface area contributed by atoms with E-state index in [9.17, 15) is 4.79 Å². The van der Waals surface area contributed by atoms with Crippen LogP contribution in [0.2, 0.25) is 0 Å². The summed E-state index contributed by atoms with van der Waals surface area (Å²) in [7, 11) is 5.02. The van der Waals surface area contributed by atoms with Gasteiger partial charge in [0.15, 0.2) is 16.3 Å². The van der Waals surface area contributed by atoms with Gasteiger partial charge in [-0.05, 0) is 12.1 Å². The molecule has 0 fully saturated rings. The molecule has 2 aromatic carbocycles. The number of hydrogen-bond donors (Lipinski definition) is 0. The molecule has 0 aliphatic rings. The minimum atomic E-state index is -0.436. The number of thiazole rings is 1. The Morgan fingerprint density at radius 1 is 1.11 bits per heavy atom. The molecule has 4 rings (SSSR count). The first kappa shape index (κ1) is 17.2. The number of aromatic nitrogens is 3. The van der Waals surface area contributed by atoms with Gasteiger partial charge < -0.3 is 14.0 Å². The van der Waals surface area contributed by atoms with Gasteiger partial charge in [0.05, 0.1) is 41.7 Å². The van der Waals surface area contributed by atoms with Gasteiger partial charge in [-0.15, -0.1) is 0 Å². The maximum Gasteiger partial charge on any atom is 0.299 e. The fourth-order valence-corrected chi connectivity index (χ4v) is 3.79. The maximum atomic E-state index is 12.6. The van der Waals surface area contributed by atoms with Crippen molar-refractivity contribution in [2.75, 3.05) is 14.2 Å². The van der Waals surface area contributed by atoms with Crippen LogP contribution in [0.4, 0.5) is 0 Å². The van der Waals surface area contributed by atoms with E-state index in [1.165, 1.54) is 17.5 Å². The lowest BCUT2D eigenvalue weighted by Gasteiger charge is -2.07. The van der Waals surface area contributed by atoms with E-state index in [1.54, 1.807) is 14.2 Å². The number of amides is 1. The predicted octanol–water partition coefficient (Wildman–Crippen LogP) is 2.94. The summed E-state index contributed by atoms with van der Waals surface area (Å²) in [6.07, 6.45) is 1.45. The molecule has 27 heavy (non-hydrogen) atoms. The summed E-state index contributed by atoms with van der Waals surface area (Å²) in [5.41, 5.74) is 2.50. The van der Waals surface area contributed by atoms with Gasteiger partial charge in [-0.1, -0.05) is 23.5 Å². The van der Waals surface area contributed by atoms with E-state index >= 15 is 0 Å². The van der Waals surface area contributed by atoms with Crippen LogP contribution in [0.3, 0.4) is 0 Å². The molecule has 4 aromatic rings. The normalized spacial score (nSPS) is 11.9. The quantitative estimate of drug-likeness (QED) is 0.546. The van der Waals surface area contributed by atoms with Gasteiger partial charge in [-0.3, -0.25) is 9.78 Å². The number of carbonyl (C=O) groups excluding carboxylic acids is 1. The molecule has 0 radical (unpaired) electrons. The van der Waals surface area contributed by atoms with Crippen LogP contribution in [-0.2, 0) is 7.05 Å². The van der Waals surface area contributed by atoms with E-state index in [-0.39, 0.29) is 5.69 Å². The number of aryl methyl sites for hydroxylation is 1. The third-order valence-electron chi connectivity index (χ3n) is 4.18. The molecule has 0 bridgehead atoms. The molecule has 2 heterocycles. The molecule has 0 N–H and O–H groups in total. The Morgan fingerprint density at radius 2 is 1.81 bits per heavy atom. The van der Waals surface area contributed by atoms with E-state index in [1.807, 2.05) is 48.0 Å². The van der Waals surface area contributed by atoms with Crippen LogP contribution < -0.4 is 14.3 Å². The lowest BCUT2D eigenvalue weighted by Crippen LogP contribution is -2.14. The minimum Gasteiger partial charge on any atom is -0.493 e. The van der Waals surface area contributed by atoms with Crippen molar-refractivity contribution < 1.29 is 14.3 Å². The molecule has 1 amide bonds. The number of para-hydroxylation sites is 2.